The Balaban J connectivity index is 2.70. The van der Waals surface area contributed by atoms with Gasteiger partial charge in [-0.15, -0.1) is 0 Å². The molecule has 0 fully saturated rings. The molecule has 19 heavy (non-hydrogen) atoms. The molecule has 0 saturated heterocycles. The third-order valence-electron chi connectivity index (χ3n) is 2.30. The maximum absolute atomic E-state index is 11.6. The van der Waals surface area contributed by atoms with Gasteiger partial charge in [0.2, 0.25) is 20.0 Å². The summed E-state index contributed by atoms with van der Waals surface area (Å²) < 4.78 is 47.8. The first-order chi connectivity index (χ1) is 8.60. The van der Waals surface area contributed by atoms with Crippen LogP contribution in [0.25, 0.3) is 0 Å². The van der Waals surface area contributed by atoms with Crippen LogP contribution in [-0.4, -0.2) is 22.6 Å². The third kappa shape index (κ3) is 5.68. The molecule has 0 aromatic heterocycles. The number of nitrogens with two attached hydrogens (primary N) is 1. The second-order valence-electron chi connectivity index (χ2n) is 4.69. The molecule has 1 aromatic carbocycles. The normalized spacial score (nSPS) is 12.8. The number of benzene rings is 1. The fourth-order valence-electron chi connectivity index (χ4n) is 1.49. The zero-order valence-electron chi connectivity index (χ0n) is 10.8. The standard InChI is InChI=1S/C11H18N2O4S2/c1-9(2)8-18(14,15)13-7-10-3-5-11(6-4-10)19(12,16)17/h3-6,9,13H,7-8H2,1-2H3,(H2,12,16,17). The van der Waals surface area contributed by atoms with Crippen molar-refractivity contribution in [3.63, 3.8) is 0 Å². The first kappa shape index (κ1) is 16.1. The van der Waals surface area contributed by atoms with Gasteiger partial charge in [0.1, 0.15) is 0 Å². The highest BCUT2D eigenvalue weighted by Gasteiger charge is 2.12. The zero-order valence-corrected chi connectivity index (χ0v) is 12.5. The highest BCUT2D eigenvalue weighted by atomic mass is 32.2. The summed E-state index contributed by atoms with van der Waals surface area (Å²) in [7, 11) is -7.03. The summed E-state index contributed by atoms with van der Waals surface area (Å²) in [6, 6.07) is 5.75. The van der Waals surface area contributed by atoms with Gasteiger partial charge in [-0.2, -0.15) is 0 Å². The minimum Gasteiger partial charge on any atom is -0.225 e. The van der Waals surface area contributed by atoms with E-state index in [9.17, 15) is 16.8 Å². The van der Waals surface area contributed by atoms with E-state index in [-0.39, 0.29) is 23.1 Å². The van der Waals surface area contributed by atoms with Crippen LogP contribution in [0.5, 0.6) is 0 Å². The topological polar surface area (TPSA) is 106 Å². The molecule has 0 aliphatic rings. The van der Waals surface area contributed by atoms with E-state index in [0.29, 0.717) is 5.56 Å². The summed E-state index contributed by atoms with van der Waals surface area (Å²) in [5.74, 6) is 0.102. The molecule has 0 amide bonds. The van der Waals surface area contributed by atoms with Crippen molar-refractivity contribution >= 4 is 20.0 Å². The van der Waals surface area contributed by atoms with Gasteiger partial charge in [0.05, 0.1) is 10.6 Å². The molecule has 0 radical (unpaired) electrons. The molecule has 1 aromatic rings. The summed E-state index contributed by atoms with van der Waals surface area (Å²) in [5, 5.41) is 4.97. The average molecular weight is 306 g/mol. The van der Waals surface area contributed by atoms with E-state index < -0.39 is 20.0 Å². The summed E-state index contributed by atoms with van der Waals surface area (Å²) >= 11 is 0. The zero-order chi connectivity index (χ0) is 14.7. The van der Waals surface area contributed by atoms with Crippen LogP contribution in [0.15, 0.2) is 29.2 Å². The molecular weight excluding hydrogens is 288 g/mol. The second-order valence-corrected chi connectivity index (χ2v) is 8.10. The lowest BCUT2D eigenvalue weighted by atomic mass is 10.2. The van der Waals surface area contributed by atoms with Gasteiger partial charge in [0.15, 0.2) is 0 Å². The Morgan fingerprint density at radius 1 is 1.11 bits per heavy atom. The van der Waals surface area contributed by atoms with Crippen molar-refractivity contribution in [2.24, 2.45) is 11.1 Å². The lowest BCUT2D eigenvalue weighted by molar-refractivity contribution is 0.567. The molecule has 0 aliphatic carbocycles. The van der Waals surface area contributed by atoms with Gasteiger partial charge in [-0.3, -0.25) is 0 Å². The Bertz CT molecular complexity index is 619. The van der Waals surface area contributed by atoms with E-state index in [2.05, 4.69) is 4.72 Å². The molecule has 1 rings (SSSR count). The largest absolute Gasteiger partial charge is 0.238 e. The number of rotatable bonds is 6. The van der Waals surface area contributed by atoms with Gasteiger partial charge < -0.3 is 0 Å². The molecular formula is C11H18N2O4S2. The number of hydrogen-bond donors (Lipinski definition) is 2. The van der Waals surface area contributed by atoms with Crippen LogP contribution in [0.4, 0.5) is 0 Å². The average Bonchev–Trinajstić information content (AvgIpc) is 2.24. The molecule has 108 valence electrons. The summed E-state index contributed by atoms with van der Waals surface area (Å²) in [4.78, 5) is 0.00119. The smallest absolute Gasteiger partial charge is 0.225 e. The Labute approximate surface area is 114 Å². The Morgan fingerprint density at radius 2 is 1.63 bits per heavy atom. The van der Waals surface area contributed by atoms with E-state index >= 15 is 0 Å². The SMILES string of the molecule is CC(C)CS(=O)(=O)NCc1ccc(S(N)(=O)=O)cc1. The molecule has 0 saturated carbocycles. The first-order valence-corrected chi connectivity index (χ1v) is 8.89. The Morgan fingerprint density at radius 3 is 2.05 bits per heavy atom. The third-order valence-corrected chi connectivity index (χ3v) is 4.92. The van der Waals surface area contributed by atoms with Crippen molar-refractivity contribution in [1.82, 2.24) is 4.72 Å². The van der Waals surface area contributed by atoms with Crippen LogP contribution >= 0.6 is 0 Å². The van der Waals surface area contributed by atoms with Crippen LogP contribution in [0, 0.1) is 5.92 Å². The van der Waals surface area contributed by atoms with Gasteiger partial charge in [0, 0.05) is 6.54 Å². The van der Waals surface area contributed by atoms with Crippen molar-refractivity contribution < 1.29 is 16.8 Å². The fourth-order valence-corrected chi connectivity index (χ4v) is 3.39. The van der Waals surface area contributed by atoms with E-state index in [0.717, 1.165) is 0 Å². The van der Waals surface area contributed by atoms with E-state index in [1.807, 2.05) is 13.8 Å². The van der Waals surface area contributed by atoms with E-state index in [1.54, 1.807) is 0 Å². The van der Waals surface area contributed by atoms with Gasteiger partial charge in [-0.25, -0.2) is 26.7 Å². The van der Waals surface area contributed by atoms with E-state index in [1.165, 1.54) is 24.3 Å². The predicted octanol–water partition coefficient (Wildman–Crippen LogP) is 0.409. The molecule has 0 atom stereocenters. The Kier molecular flexibility index (Phi) is 5.08. The van der Waals surface area contributed by atoms with E-state index in [4.69, 9.17) is 5.14 Å². The molecule has 6 nitrogen and oxygen atoms in total. The molecule has 0 bridgehead atoms. The lowest BCUT2D eigenvalue weighted by Crippen LogP contribution is -2.28. The minimum absolute atomic E-state index is 0.00119. The number of primary sulfonamides is 1. The number of nitrogens with one attached hydrogen (secondary N) is 1. The van der Waals surface area contributed by atoms with Gasteiger partial charge in [0.25, 0.3) is 0 Å². The summed E-state index contributed by atoms with van der Waals surface area (Å²) in [6.07, 6.45) is 0. The maximum Gasteiger partial charge on any atom is 0.238 e. The summed E-state index contributed by atoms with van der Waals surface area (Å²) in [6.45, 7) is 3.76. The Hall–Kier alpha value is -0.960. The highest BCUT2D eigenvalue weighted by molar-refractivity contribution is 7.89. The lowest BCUT2D eigenvalue weighted by Gasteiger charge is -2.09. The molecule has 0 unspecified atom stereocenters. The quantitative estimate of drug-likeness (QED) is 0.793. The van der Waals surface area contributed by atoms with Crippen LogP contribution in [-0.2, 0) is 26.6 Å². The van der Waals surface area contributed by atoms with Crippen molar-refractivity contribution in [3.8, 4) is 0 Å². The van der Waals surface area contributed by atoms with Crippen molar-refractivity contribution in [1.29, 1.82) is 0 Å². The molecule has 0 aliphatic heterocycles. The second kappa shape index (κ2) is 6.00. The monoisotopic (exact) mass is 306 g/mol. The number of sulfonamides is 2. The molecule has 3 N–H and O–H groups in total. The molecule has 8 heteroatoms. The van der Waals surface area contributed by atoms with Gasteiger partial charge >= 0.3 is 0 Å². The van der Waals surface area contributed by atoms with Crippen LogP contribution in [0.1, 0.15) is 19.4 Å². The van der Waals surface area contributed by atoms with Crippen molar-refractivity contribution in [2.45, 2.75) is 25.3 Å². The highest BCUT2D eigenvalue weighted by Crippen LogP contribution is 2.09. The van der Waals surface area contributed by atoms with Gasteiger partial charge in [-0.1, -0.05) is 26.0 Å². The predicted molar refractivity (Wildman–Crippen MR) is 73.3 cm³/mol. The maximum atomic E-state index is 11.6. The molecule has 0 spiro atoms. The fraction of sp³-hybridized carbons (Fsp3) is 0.455. The molecule has 0 heterocycles. The van der Waals surface area contributed by atoms with Crippen molar-refractivity contribution in [3.05, 3.63) is 29.8 Å². The van der Waals surface area contributed by atoms with Crippen LogP contribution in [0.2, 0.25) is 0 Å². The van der Waals surface area contributed by atoms with Crippen LogP contribution < -0.4 is 9.86 Å². The summed E-state index contributed by atoms with van der Waals surface area (Å²) in [5.41, 5.74) is 0.666. The number of hydrogen-bond acceptors (Lipinski definition) is 4. The van der Waals surface area contributed by atoms with Gasteiger partial charge in [-0.05, 0) is 23.6 Å². The van der Waals surface area contributed by atoms with Crippen LogP contribution in [0.3, 0.4) is 0 Å². The first-order valence-electron chi connectivity index (χ1n) is 5.69. The minimum atomic E-state index is -3.72. The van der Waals surface area contributed by atoms with Crippen molar-refractivity contribution in [2.75, 3.05) is 5.75 Å².